The average molecular weight is 661 g/mol. The Hall–Kier alpha value is -2.64. The molecular formula is C43H48O6. The van der Waals surface area contributed by atoms with E-state index in [9.17, 15) is 10.2 Å². The van der Waals surface area contributed by atoms with Crippen LogP contribution in [0.4, 0.5) is 0 Å². The number of methoxy groups -OCH3 is 4. The van der Waals surface area contributed by atoms with Crippen molar-refractivity contribution >= 4 is 21.5 Å². The smallest absolute Gasteiger partial charge is 0.130 e. The Morgan fingerprint density at radius 1 is 0.592 bits per heavy atom. The molecular weight excluding hydrogens is 612 g/mol. The van der Waals surface area contributed by atoms with E-state index in [0.717, 1.165) is 41.9 Å². The van der Waals surface area contributed by atoms with Crippen LogP contribution in [0.2, 0.25) is 0 Å². The Kier molecular flexibility index (Phi) is 5.24. The average Bonchev–Trinajstić information content (AvgIpc) is 3.95. The molecule has 9 aliphatic rings. The first-order valence-electron chi connectivity index (χ1n) is 19.0. The number of hydrogen-bond acceptors (Lipinski definition) is 6. The third-order valence-electron chi connectivity index (χ3n) is 18.2. The number of fused-ring (bicyclic) bond motifs is 30. The van der Waals surface area contributed by atoms with Crippen LogP contribution in [0.15, 0.2) is 48.6 Å². The Morgan fingerprint density at radius 2 is 1.06 bits per heavy atom. The summed E-state index contributed by atoms with van der Waals surface area (Å²) in [5, 5.41) is 27.9. The van der Waals surface area contributed by atoms with E-state index in [4.69, 9.17) is 18.9 Å². The molecule has 12 rings (SSSR count). The fourth-order valence-electron chi connectivity index (χ4n) is 18.1. The lowest BCUT2D eigenvalue weighted by atomic mass is 9.15. The minimum Gasteiger partial charge on any atom is -0.496 e. The van der Waals surface area contributed by atoms with Crippen molar-refractivity contribution in [2.45, 2.75) is 31.1 Å². The molecule has 3 aromatic rings. The third kappa shape index (κ3) is 2.48. The van der Waals surface area contributed by atoms with E-state index in [1.807, 2.05) is 28.4 Å². The lowest BCUT2D eigenvalue weighted by molar-refractivity contribution is -0.444. The summed E-state index contributed by atoms with van der Waals surface area (Å²) >= 11 is 0. The van der Waals surface area contributed by atoms with Gasteiger partial charge in [0.25, 0.3) is 0 Å². The quantitative estimate of drug-likeness (QED) is 0.126. The lowest BCUT2D eigenvalue weighted by Crippen LogP contribution is -2.89. The topological polar surface area (TPSA) is 77.4 Å². The van der Waals surface area contributed by atoms with E-state index in [1.165, 1.54) is 34.7 Å². The highest BCUT2D eigenvalue weighted by Crippen LogP contribution is 3.00. The highest BCUT2D eigenvalue weighted by atomic mass is 16.5. The predicted molar refractivity (Wildman–Crippen MR) is 186 cm³/mol. The normalized spacial score (nSPS) is 50.3. The molecule has 16 atom stereocenters. The molecule has 256 valence electrons. The monoisotopic (exact) mass is 660 g/mol. The molecule has 49 heavy (non-hydrogen) atoms. The zero-order valence-electron chi connectivity index (χ0n) is 29.0. The number of ether oxygens (including phenoxy) is 4. The highest BCUT2D eigenvalue weighted by Gasteiger charge is 2.98. The molecule has 6 heteroatoms. The van der Waals surface area contributed by atoms with Crippen molar-refractivity contribution in [3.63, 3.8) is 0 Å². The van der Waals surface area contributed by atoms with Gasteiger partial charge in [-0.2, -0.15) is 0 Å². The van der Waals surface area contributed by atoms with Gasteiger partial charge in [0.15, 0.2) is 0 Å². The molecule has 6 bridgehead atoms. The van der Waals surface area contributed by atoms with Crippen molar-refractivity contribution in [2.75, 3.05) is 54.9 Å². The molecule has 0 radical (unpaired) electrons. The van der Waals surface area contributed by atoms with Crippen LogP contribution in [-0.4, -0.2) is 65.1 Å². The molecule has 7 fully saturated rings. The van der Waals surface area contributed by atoms with Gasteiger partial charge in [0.2, 0.25) is 0 Å². The Labute approximate surface area is 288 Å². The van der Waals surface area contributed by atoms with E-state index < -0.39 is 0 Å². The predicted octanol–water partition coefficient (Wildman–Crippen LogP) is 6.41. The van der Waals surface area contributed by atoms with Crippen LogP contribution < -0.4 is 9.47 Å². The second-order valence-corrected chi connectivity index (χ2v) is 18.0. The van der Waals surface area contributed by atoms with E-state index in [1.54, 1.807) is 0 Å². The zero-order chi connectivity index (χ0) is 33.0. The third-order valence-corrected chi connectivity index (χ3v) is 18.2. The molecule has 0 amide bonds. The molecule has 0 aromatic heterocycles. The van der Waals surface area contributed by atoms with Crippen LogP contribution in [0, 0.1) is 80.8 Å². The fraction of sp³-hybridized carbons (Fsp3) is 0.628. The second-order valence-electron chi connectivity index (χ2n) is 18.0. The Bertz CT molecular complexity index is 1880. The number of allylic oxidation sites excluding steroid dienone is 2. The molecule has 9 aliphatic carbocycles. The molecule has 0 heterocycles. The highest BCUT2D eigenvalue weighted by molar-refractivity contribution is 6.05. The van der Waals surface area contributed by atoms with Gasteiger partial charge in [-0.1, -0.05) is 36.4 Å². The summed E-state index contributed by atoms with van der Waals surface area (Å²) in [5.41, 5.74) is 2.38. The molecule has 3 aromatic carbocycles. The fourth-order valence-corrected chi connectivity index (χ4v) is 18.1. The standard InChI is InChI=1S/C43H48O6/c1-46-18-42-28-15-29(37-36(28)40(16-44)32-22-9-10-23(11-22)33(32)41(37,40)17-45)43(42,19-47-2)35-27-14-26(34(35)42)30-31(27)39(49-4)25-13-21-8-6-5-7-20(21)12-24(25)38(30)48-3/h5-10,12-13,22-23,26-29,32-37,44-45H,11,14-19H2,1-4H3/t22-,23+,26-,27+,28+,29-,32+,33-,34-,35+,36-,37+,40+,41-,42+,43-. The zero-order valence-corrected chi connectivity index (χ0v) is 29.0. The number of rotatable bonds is 8. The summed E-state index contributed by atoms with van der Waals surface area (Å²) in [6.45, 7) is 1.91. The number of hydrogen-bond donors (Lipinski definition) is 2. The van der Waals surface area contributed by atoms with Gasteiger partial charge in [0.1, 0.15) is 11.5 Å². The lowest BCUT2D eigenvalue weighted by Gasteiger charge is -2.88. The van der Waals surface area contributed by atoms with Crippen molar-refractivity contribution < 1.29 is 29.2 Å². The molecule has 6 nitrogen and oxygen atoms in total. The van der Waals surface area contributed by atoms with Gasteiger partial charge >= 0.3 is 0 Å². The second kappa shape index (κ2) is 8.86. The Morgan fingerprint density at radius 3 is 1.47 bits per heavy atom. The van der Waals surface area contributed by atoms with Gasteiger partial charge in [-0.3, -0.25) is 0 Å². The molecule has 7 saturated carbocycles. The summed E-state index contributed by atoms with van der Waals surface area (Å²) in [6.07, 6.45) is 8.44. The maximum Gasteiger partial charge on any atom is 0.130 e. The van der Waals surface area contributed by atoms with Gasteiger partial charge in [0.05, 0.1) is 27.4 Å². The SMILES string of the molecule is COC[C@@]12[C@@H]3[C@@H]([C@@H]4C[C@H]3c3c4c(OC)c4cc5ccccc5cc4c3OC)[C@]1(COC)[C@H]1C[C@@H]2[C@H]2[C@@H]1[C@]1(CO)[C@@H]3[C@@H]([C@H]4C=C[C@@H]3C4)[C@]21CO. The van der Waals surface area contributed by atoms with Gasteiger partial charge in [-0.05, 0) is 113 Å². The summed E-state index contributed by atoms with van der Waals surface area (Å²) in [7, 11) is 7.53. The van der Waals surface area contributed by atoms with Crippen LogP contribution in [0.25, 0.3) is 21.5 Å². The first-order chi connectivity index (χ1) is 24.0. The summed E-state index contributed by atoms with van der Waals surface area (Å²) in [6, 6.07) is 13.2. The summed E-state index contributed by atoms with van der Waals surface area (Å²) < 4.78 is 25.7. The van der Waals surface area contributed by atoms with Gasteiger partial charge in [0, 0.05) is 71.0 Å². The van der Waals surface area contributed by atoms with E-state index in [2.05, 4.69) is 48.6 Å². The van der Waals surface area contributed by atoms with Crippen LogP contribution in [0.3, 0.4) is 0 Å². The molecule has 2 N–H and O–H groups in total. The maximum absolute atomic E-state index is 11.6. The van der Waals surface area contributed by atoms with Crippen molar-refractivity contribution in [2.24, 2.45) is 80.8 Å². The number of benzene rings is 3. The van der Waals surface area contributed by atoms with E-state index in [0.29, 0.717) is 71.0 Å². The summed E-state index contributed by atoms with van der Waals surface area (Å²) in [5.74, 6) is 7.74. The van der Waals surface area contributed by atoms with Crippen LogP contribution in [0.1, 0.15) is 42.2 Å². The molecule has 0 unspecified atom stereocenters. The van der Waals surface area contributed by atoms with Crippen molar-refractivity contribution in [1.82, 2.24) is 0 Å². The molecule has 0 aliphatic heterocycles. The van der Waals surface area contributed by atoms with Crippen molar-refractivity contribution in [1.29, 1.82) is 0 Å². The largest absolute Gasteiger partial charge is 0.496 e. The van der Waals surface area contributed by atoms with E-state index >= 15 is 0 Å². The molecule has 0 saturated heterocycles. The first kappa shape index (κ1) is 29.0. The Balaban J connectivity index is 1.08. The van der Waals surface area contributed by atoms with Crippen LogP contribution >= 0.6 is 0 Å². The van der Waals surface area contributed by atoms with Gasteiger partial charge in [-0.25, -0.2) is 0 Å². The maximum atomic E-state index is 11.6. The minimum atomic E-state index is -0.167. The summed E-state index contributed by atoms with van der Waals surface area (Å²) in [4.78, 5) is 0. The van der Waals surface area contributed by atoms with Gasteiger partial charge < -0.3 is 29.2 Å². The first-order valence-corrected chi connectivity index (χ1v) is 19.0. The van der Waals surface area contributed by atoms with Gasteiger partial charge in [-0.15, -0.1) is 0 Å². The molecule has 0 spiro atoms. The number of aliphatic hydroxyl groups excluding tert-OH is 2. The van der Waals surface area contributed by atoms with Crippen molar-refractivity contribution in [3.05, 3.63) is 59.7 Å². The van der Waals surface area contributed by atoms with Crippen molar-refractivity contribution in [3.8, 4) is 11.5 Å². The van der Waals surface area contributed by atoms with E-state index in [-0.39, 0.29) is 34.9 Å². The van der Waals surface area contributed by atoms with Crippen LogP contribution in [0.5, 0.6) is 11.5 Å². The minimum absolute atomic E-state index is 0.0235. The number of aliphatic hydroxyl groups is 2. The van der Waals surface area contributed by atoms with Crippen LogP contribution in [-0.2, 0) is 9.47 Å².